The molecule has 2 aromatic heterocycles. The Kier molecular flexibility index (Phi) is 7.32. The van der Waals surface area contributed by atoms with E-state index in [1.165, 1.54) is 40.3 Å². The standard InChI is InChI=1S/C19H21N7O7S3/c1-8(27)32-6-19(16(30)31)5-26-14(29)12(15(26)36-7-19)24-13(28)11(10-4-35-18(21)23-10)25-33-2-9-3-34-17(20)22-9/h3-4,12,15H,2,5-7H2,1H3,(H2,20,22)(H2,21,23)(H,24,28)(H,30,31)/t12?,15-,19?/m1/s1. The number of carbonyl (C=O) groups excluding carboxylic acids is 3. The van der Waals surface area contributed by atoms with E-state index < -0.39 is 40.6 Å². The quantitative estimate of drug-likeness (QED) is 0.136. The van der Waals surface area contributed by atoms with E-state index in [1.54, 1.807) is 5.38 Å². The zero-order valence-corrected chi connectivity index (χ0v) is 21.2. The van der Waals surface area contributed by atoms with Gasteiger partial charge in [0.15, 0.2) is 22.6 Å². The fourth-order valence-electron chi connectivity index (χ4n) is 3.51. The molecular formula is C19H21N7O7S3. The number of thioether (sulfide) groups is 1. The van der Waals surface area contributed by atoms with Gasteiger partial charge in [0.05, 0.1) is 5.69 Å². The number of fused-ring (bicyclic) bond motifs is 1. The molecule has 0 radical (unpaired) electrons. The molecule has 2 aliphatic rings. The summed E-state index contributed by atoms with van der Waals surface area (Å²) in [6, 6.07) is -0.914. The summed E-state index contributed by atoms with van der Waals surface area (Å²) in [4.78, 5) is 63.7. The first kappa shape index (κ1) is 25.6. The number of aromatic nitrogens is 2. The highest BCUT2D eigenvalue weighted by Crippen LogP contribution is 2.42. The Morgan fingerprint density at radius 1 is 1.28 bits per heavy atom. The van der Waals surface area contributed by atoms with Crippen LogP contribution in [0.1, 0.15) is 18.3 Å². The number of rotatable bonds is 9. The Balaban J connectivity index is 1.44. The van der Waals surface area contributed by atoms with Crippen molar-refractivity contribution in [2.75, 3.05) is 30.4 Å². The predicted molar refractivity (Wildman–Crippen MR) is 131 cm³/mol. The number of nitrogens with two attached hydrogens (primary N) is 2. The monoisotopic (exact) mass is 555 g/mol. The first-order valence-corrected chi connectivity index (χ1v) is 13.1. The molecule has 2 amide bonds. The second-order valence-corrected chi connectivity index (χ2v) is 10.8. The SMILES string of the molecule is CC(=O)OCC1(C(=O)O)CS[C@@H]2C(NC(=O)C(=NOCc3csc(N)n3)c3csc(N)n3)C(=O)N2C1. The smallest absolute Gasteiger partial charge is 0.315 e. The van der Waals surface area contributed by atoms with Gasteiger partial charge in [0.1, 0.15) is 29.1 Å². The van der Waals surface area contributed by atoms with Crippen molar-refractivity contribution in [3.05, 3.63) is 22.1 Å². The topological polar surface area (TPSA) is 212 Å². The summed E-state index contributed by atoms with van der Waals surface area (Å²) < 4.78 is 4.94. The first-order valence-electron chi connectivity index (χ1n) is 10.3. The second kappa shape index (κ2) is 10.3. The molecule has 2 aliphatic heterocycles. The van der Waals surface area contributed by atoms with Crippen LogP contribution < -0.4 is 16.8 Å². The minimum absolute atomic E-state index is 0.0433. The number of aliphatic carboxylic acids is 1. The number of ether oxygens (including phenoxy) is 1. The maximum absolute atomic E-state index is 13.1. The number of carboxylic acid groups (broad SMARTS) is 1. The number of β-lactam (4-membered cyclic amide) rings is 1. The van der Waals surface area contributed by atoms with Gasteiger partial charge < -0.3 is 36.4 Å². The van der Waals surface area contributed by atoms with Crippen LogP contribution in [0.25, 0.3) is 0 Å². The van der Waals surface area contributed by atoms with Crippen LogP contribution in [0.2, 0.25) is 0 Å². The molecule has 3 atom stereocenters. The van der Waals surface area contributed by atoms with Crippen LogP contribution in [0.4, 0.5) is 10.3 Å². The maximum atomic E-state index is 13.1. The second-order valence-electron chi connectivity index (χ2n) is 7.95. The van der Waals surface area contributed by atoms with Crippen LogP contribution >= 0.6 is 34.4 Å². The van der Waals surface area contributed by atoms with E-state index in [0.29, 0.717) is 10.8 Å². The van der Waals surface area contributed by atoms with Gasteiger partial charge in [-0.15, -0.1) is 34.4 Å². The lowest BCUT2D eigenvalue weighted by molar-refractivity contribution is -0.164. The predicted octanol–water partition coefficient (Wildman–Crippen LogP) is -0.281. The molecule has 0 saturated carbocycles. The number of esters is 1. The number of anilines is 2. The van der Waals surface area contributed by atoms with E-state index in [0.717, 1.165) is 11.3 Å². The van der Waals surface area contributed by atoms with E-state index in [9.17, 15) is 24.3 Å². The molecular weight excluding hydrogens is 534 g/mol. The molecule has 6 N–H and O–H groups in total. The Bertz CT molecular complexity index is 1230. The fraction of sp³-hybridized carbons (Fsp3) is 0.421. The highest BCUT2D eigenvalue weighted by molar-refractivity contribution is 8.00. The number of hydrogen-bond acceptors (Lipinski definition) is 14. The molecule has 17 heteroatoms. The first-order chi connectivity index (χ1) is 17.1. The fourth-order valence-corrected chi connectivity index (χ4v) is 6.13. The van der Waals surface area contributed by atoms with Gasteiger partial charge in [-0.1, -0.05) is 5.16 Å². The van der Waals surface area contributed by atoms with Crippen LogP contribution in [0, 0.1) is 5.41 Å². The van der Waals surface area contributed by atoms with E-state index in [2.05, 4.69) is 20.4 Å². The van der Waals surface area contributed by atoms with Gasteiger partial charge in [-0.2, -0.15) is 0 Å². The van der Waals surface area contributed by atoms with Crippen molar-refractivity contribution in [1.29, 1.82) is 0 Å². The number of nitrogens with one attached hydrogen (secondary N) is 1. The van der Waals surface area contributed by atoms with E-state index in [1.807, 2.05) is 0 Å². The molecule has 36 heavy (non-hydrogen) atoms. The van der Waals surface area contributed by atoms with Crippen LogP contribution in [0.15, 0.2) is 15.9 Å². The average Bonchev–Trinajstić information content (AvgIpc) is 3.46. The summed E-state index contributed by atoms with van der Waals surface area (Å²) >= 11 is 3.51. The molecule has 14 nitrogen and oxygen atoms in total. The highest BCUT2D eigenvalue weighted by Gasteiger charge is 2.58. The molecule has 2 fully saturated rings. The third-order valence-electron chi connectivity index (χ3n) is 5.35. The summed E-state index contributed by atoms with van der Waals surface area (Å²) in [6.45, 7) is 0.627. The van der Waals surface area contributed by atoms with Crippen molar-refractivity contribution in [1.82, 2.24) is 20.2 Å². The highest BCUT2D eigenvalue weighted by atomic mass is 32.2. The summed E-state index contributed by atoms with van der Waals surface area (Å²) in [5.74, 6) is -2.89. The Hall–Kier alpha value is -3.44. The van der Waals surface area contributed by atoms with Gasteiger partial charge in [0.25, 0.3) is 5.91 Å². The van der Waals surface area contributed by atoms with Crippen molar-refractivity contribution in [2.45, 2.75) is 24.9 Å². The van der Waals surface area contributed by atoms with E-state index in [-0.39, 0.29) is 42.0 Å². The van der Waals surface area contributed by atoms with Crippen LogP contribution in [0.5, 0.6) is 0 Å². The number of nitrogen functional groups attached to an aromatic ring is 2. The Morgan fingerprint density at radius 2 is 2.00 bits per heavy atom. The molecule has 0 spiro atoms. The molecule has 0 aromatic carbocycles. The molecule has 4 heterocycles. The van der Waals surface area contributed by atoms with Crippen molar-refractivity contribution >= 4 is 74.2 Å². The summed E-state index contributed by atoms with van der Waals surface area (Å²) in [6.07, 6.45) is 0. The minimum Gasteiger partial charge on any atom is -0.481 e. The lowest BCUT2D eigenvalue weighted by Gasteiger charge is -2.53. The van der Waals surface area contributed by atoms with Gasteiger partial charge >= 0.3 is 11.9 Å². The normalized spacial score (nSPS) is 23.4. The van der Waals surface area contributed by atoms with Crippen LogP contribution in [-0.2, 0) is 35.4 Å². The number of thiazole rings is 2. The van der Waals surface area contributed by atoms with Crippen molar-refractivity contribution < 1.29 is 33.9 Å². The summed E-state index contributed by atoms with van der Waals surface area (Å²) in [5, 5.41) is 19.5. The third-order valence-corrected chi connectivity index (χ3v) is 8.34. The number of hydrogen-bond donors (Lipinski definition) is 4. The van der Waals surface area contributed by atoms with E-state index in [4.69, 9.17) is 21.0 Å². The summed E-state index contributed by atoms with van der Waals surface area (Å²) in [7, 11) is 0. The zero-order chi connectivity index (χ0) is 26.0. The van der Waals surface area contributed by atoms with Crippen molar-refractivity contribution in [2.24, 2.45) is 10.6 Å². The molecule has 4 rings (SSSR count). The number of oxime groups is 1. The molecule has 2 saturated heterocycles. The minimum atomic E-state index is -1.44. The maximum Gasteiger partial charge on any atom is 0.315 e. The zero-order valence-electron chi connectivity index (χ0n) is 18.7. The molecule has 192 valence electrons. The van der Waals surface area contributed by atoms with Gasteiger partial charge in [-0.05, 0) is 0 Å². The molecule has 2 aromatic rings. The van der Waals surface area contributed by atoms with Gasteiger partial charge in [0.2, 0.25) is 5.91 Å². The molecule has 0 aliphatic carbocycles. The van der Waals surface area contributed by atoms with Gasteiger partial charge in [-0.3, -0.25) is 19.2 Å². The summed E-state index contributed by atoms with van der Waals surface area (Å²) in [5.41, 5.74) is 10.4. The van der Waals surface area contributed by atoms with Crippen molar-refractivity contribution in [3.63, 3.8) is 0 Å². The van der Waals surface area contributed by atoms with E-state index >= 15 is 0 Å². The number of carboxylic acids is 1. The Labute approximate surface area is 216 Å². The number of amides is 2. The molecule has 2 unspecified atom stereocenters. The number of nitrogens with zero attached hydrogens (tertiary/aromatic N) is 4. The largest absolute Gasteiger partial charge is 0.481 e. The van der Waals surface area contributed by atoms with Crippen LogP contribution in [0.3, 0.4) is 0 Å². The lowest BCUT2D eigenvalue weighted by Crippen LogP contribution is -2.74. The van der Waals surface area contributed by atoms with Crippen molar-refractivity contribution in [3.8, 4) is 0 Å². The lowest BCUT2D eigenvalue weighted by atomic mass is 9.88. The van der Waals surface area contributed by atoms with Crippen LogP contribution in [-0.4, -0.2) is 79.8 Å². The molecule has 0 bridgehead atoms. The number of carbonyl (C=O) groups is 4. The third kappa shape index (κ3) is 5.21. The average molecular weight is 556 g/mol. The Morgan fingerprint density at radius 3 is 2.61 bits per heavy atom. The van der Waals surface area contributed by atoms with Gasteiger partial charge in [-0.25, -0.2) is 9.97 Å². The van der Waals surface area contributed by atoms with Gasteiger partial charge in [0, 0.05) is 30.0 Å².